The summed E-state index contributed by atoms with van der Waals surface area (Å²) in [4.78, 5) is 10.1. The van der Waals surface area contributed by atoms with Crippen molar-refractivity contribution in [2.24, 2.45) is 5.73 Å². The molecule has 104 valence electrons. The van der Waals surface area contributed by atoms with Crippen molar-refractivity contribution in [1.29, 1.82) is 0 Å². The minimum Gasteiger partial charge on any atom is -0.324 e. The van der Waals surface area contributed by atoms with Crippen molar-refractivity contribution in [3.63, 3.8) is 0 Å². The predicted octanol–water partition coefficient (Wildman–Crippen LogP) is 3.74. The van der Waals surface area contributed by atoms with Crippen LogP contribution >= 0.6 is 15.9 Å². The first-order valence-corrected chi connectivity index (χ1v) is 6.71. The van der Waals surface area contributed by atoms with Crippen LogP contribution in [0.25, 0.3) is 0 Å². The zero-order valence-corrected chi connectivity index (χ0v) is 12.0. The summed E-state index contributed by atoms with van der Waals surface area (Å²) in [6, 6.07) is 10.6. The van der Waals surface area contributed by atoms with E-state index in [4.69, 9.17) is 5.73 Å². The van der Waals surface area contributed by atoms with E-state index >= 15 is 0 Å². The van der Waals surface area contributed by atoms with Crippen molar-refractivity contribution in [3.05, 3.63) is 74.0 Å². The topological polar surface area (TPSA) is 69.2 Å². The summed E-state index contributed by atoms with van der Waals surface area (Å²) in [7, 11) is 0. The number of non-ortho nitro benzene ring substituents is 1. The van der Waals surface area contributed by atoms with Crippen molar-refractivity contribution >= 4 is 21.6 Å². The van der Waals surface area contributed by atoms with Crippen LogP contribution in [0.5, 0.6) is 0 Å². The van der Waals surface area contributed by atoms with Gasteiger partial charge in [-0.2, -0.15) is 0 Å². The Bertz CT molecular complexity index is 632. The quantitative estimate of drug-likeness (QED) is 0.681. The Morgan fingerprint density at radius 2 is 1.90 bits per heavy atom. The molecule has 0 aliphatic rings. The molecule has 2 N–H and O–H groups in total. The lowest BCUT2D eigenvalue weighted by molar-refractivity contribution is -0.384. The molecule has 0 bridgehead atoms. The number of nitrogens with two attached hydrogens (primary N) is 1. The molecule has 6 heteroatoms. The van der Waals surface area contributed by atoms with E-state index in [1.165, 1.54) is 12.1 Å². The van der Waals surface area contributed by atoms with Gasteiger partial charge in [-0.25, -0.2) is 4.39 Å². The molecule has 0 saturated heterocycles. The molecule has 0 radical (unpaired) electrons. The van der Waals surface area contributed by atoms with E-state index < -0.39 is 11.0 Å². The van der Waals surface area contributed by atoms with Crippen LogP contribution in [0.2, 0.25) is 0 Å². The number of benzene rings is 2. The average Bonchev–Trinajstić information content (AvgIpc) is 2.42. The molecular formula is C14H12BrFN2O2. The summed E-state index contributed by atoms with van der Waals surface area (Å²) in [5.74, 6) is -0.373. The molecule has 2 aromatic carbocycles. The van der Waals surface area contributed by atoms with E-state index in [0.29, 0.717) is 16.5 Å². The zero-order chi connectivity index (χ0) is 14.7. The first-order chi connectivity index (χ1) is 9.49. The Morgan fingerprint density at radius 3 is 2.50 bits per heavy atom. The zero-order valence-electron chi connectivity index (χ0n) is 10.4. The number of nitro groups is 1. The van der Waals surface area contributed by atoms with Crippen LogP contribution in [0.1, 0.15) is 17.2 Å². The van der Waals surface area contributed by atoms with Crippen LogP contribution in [0.15, 0.2) is 46.9 Å². The summed E-state index contributed by atoms with van der Waals surface area (Å²) in [5.41, 5.74) is 7.26. The van der Waals surface area contributed by atoms with Gasteiger partial charge in [0.15, 0.2) is 0 Å². The first kappa shape index (κ1) is 14.6. The lowest BCUT2D eigenvalue weighted by Gasteiger charge is -2.13. The summed E-state index contributed by atoms with van der Waals surface area (Å²) >= 11 is 3.12. The van der Waals surface area contributed by atoms with Gasteiger partial charge in [0.05, 0.1) is 9.40 Å². The van der Waals surface area contributed by atoms with Gasteiger partial charge in [0.1, 0.15) is 5.82 Å². The summed E-state index contributed by atoms with van der Waals surface area (Å²) < 4.78 is 14.3. The highest BCUT2D eigenvalue weighted by Gasteiger charge is 2.14. The molecular weight excluding hydrogens is 327 g/mol. The highest BCUT2D eigenvalue weighted by atomic mass is 79.9. The fourth-order valence-corrected chi connectivity index (χ4v) is 2.31. The minimum atomic E-state index is -0.506. The van der Waals surface area contributed by atoms with Crippen LogP contribution < -0.4 is 5.73 Å². The lowest BCUT2D eigenvalue weighted by atomic mass is 9.99. The van der Waals surface area contributed by atoms with Crippen LogP contribution in [-0.4, -0.2) is 4.92 Å². The Balaban J connectivity index is 2.17. The second-order valence-corrected chi connectivity index (χ2v) is 5.23. The Labute approximate surface area is 123 Å². The molecule has 0 aliphatic heterocycles. The second-order valence-electron chi connectivity index (χ2n) is 4.38. The molecule has 0 amide bonds. The van der Waals surface area contributed by atoms with Gasteiger partial charge >= 0.3 is 0 Å². The van der Waals surface area contributed by atoms with Gasteiger partial charge in [-0.1, -0.05) is 24.3 Å². The van der Waals surface area contributed by atoms with Crippen LogP contribution in [0.3, 0.4) is 0 Å². The largest absolute Gasteiger partial charge is 0.324 e. The van der Waals surface area contributed by atoms with E-state index in [1.54, 1.807) is 30.3 Å². The van der Waals surface area contributed by atoms with Crippen molar-refractivity contribution < 1.29 is 9.31 Å². The fourth-order valence-electron chi connectivity index (χ4n) is 1.92. The summed E-state index contributed by atoms with van der Waals surface area (Å²) in [5, 5.41) is 10.6. The normalized spacial score (nSPS) is 12.2. The standard InChI is InChI=1S/C14H12BrFN2O2/c15-12-3-1-2-11(14(12)16)13(17)8-9-4-6-10(7-5-9)18(19)20/h1-7,13H,8,17H2. The van der Waals surface area contributed by atoms with E-state index in [2.05, 4.69) is 15.9 Å². The third kappa shape index (κ3) is 3.20. The maximum atomic E-state index is 13.9. The molecule has 1 unspecified atom stereocenters. The minimum absolute atomic E-state index is 0.0240. The Kier molecular flexibility index (Phi) is 4.46. The average molecular weight is 339 g/mol. The molecule has 0 saturated carbocycles. The fraction of sp³-hybridized carbons (Fsp3) is 0.143. The van der Waals surface area contributed by atoms with Crippen molar-refractivity contribution in [2.45, 2.75) is 12.5 Å². The SMILES string of the molecule is NC(Cc1ccc([N+](=O)[O-])cc1)c1cccc(Br)c1F. The highest BCUT2D eigenvalue weighted by molar-refractivity contribution is 9.10. The molecule has 0 aromatic heterocycles. The smallest absolute Gasteiger partial charge is 0.269 e. The summed E-state index contributed by atoms with van der Waals surface area (Å²) in [6.07, 6.45) is 0.408. The molecule has 2 aromatic rings. The number of hydrogen-bond donors (Lipinski definition) is 1. The lowest BCUT2D eigenvalue weighted by Crippen LogP contribution is -2.15. The Morgan fingerprint density at radius 1 is 1.25 bits per heavy atom. The van der Waals surface area contributed by atoms with Crippen molar-refractivity contribution in [1.82, 2.24) is 0 Å². The van der Waals surface area contributed by atoms with Gasteiger partial charge in [0.25, 0.3) is 5.69 Å². The maximum absolute atomic E-state index is 13.9. The van der Waals surface area contributed by atoms with Gasteiger partial charge in [-0.3, -0.25) is 10.1 Å². The van der Waals surface area contributed by atoms with Gasteiger partial charge in [-0.05, 0) is 34.0 Å². The van der Waals surface area contributed by atoms with Gasteiger partial charge < -0.3 is 5.73 Å². The number of rotatable bonds is 4. The number of halogens is 2. The maximum Gasteiger partial charge on any atom is 0.269 e. The molecule has 4 nitrogen and oxygen atoms in total. The van der Waals surface area contributed by atoms with Crippen molar-refractivity contribution in [2.75, 3.05) is 0 Å². The number of nitrogens with zero attached hydrogens (tertiary/aromatic N) is 1. The van der Waals surface area contributed by atoms with Gasteiger partial charge in [-0.15, -0.1) is 0 Å². The molecule has 0 aliphatic carbocycles. The Hall–Kier alpha value is -1.79. The number of hydrogen-bond acceptors (Lipinski definition) is 3. The molecule has 1 atom stereocenters. The van der Waals surface area contributed by atoms with E-state index in [1.807, 2.05) is 0 Å². The molecule has 0 heterocycles. The van der Waals surface area contributed by atoms with Crippen LogP contribution in [-0.2, 0) is 6.42 Å². The molecule has 2 rings (SSSR count). The predicted molar refractivity (Wildman–Crippen MR) is 77.8 cm³/mol. The van der Waals surface area contributed by atoms with Crippen LogP contribution in [0, 0.1) is 15.9 Å². The highest BCUT2D eigenvalue weighted by Crippen LogP contribution is 2.25. The van der Waals surface area contributed by atoms with E-state index in [0.717, 1.165) is 5.56 Å². The molecule has 20 heavy (non-hydrogen) atoms. The number of nitro benzene ring substituents is 1. The van der Waals surface area contributed by atoms with Crippen molar-refractivity contribution in [3.8, 4) is 0 Å². The third-order valence-corrected chi connectivity index (χ3v) is 3.60. The molecule has 0 fully saturated rings. The molecule has 0 spiro atoms. The van der Waals surface area contributed by atoms with Crippen LogP contribution in [0.4, 0.5) is 10.1 Å². The van der Waals surface area contributed by atoms with E-state index in [9.17, 15) is 14.5 Å². The van der Waals surface area contributed by atoms with Gasteiger partial charge in [0, 0.05) is 23.7 Å². The second kappa shape index (κ2) is 6.11. The van der Waals surface area contributed by atoms with Gasteiger partial charge in [0.2, 0.25) is 0 Å². The monoisotopic (exact) mass is 338 g/mol. The van der Waals surface area contributed by atoms with E-state index in [-0.39, 0.29) is 11.5 Å². The third-order valence-electron chi connectivity index (χ3n) is 2.98. The first-order valence-electron chi connectivity index (χ1n) is 5.92. The summed E-state index contributed by atoms with van der Waals surface area (Å²) in [6.45, 7) is 0.